The van der Waals surface area contributed by atoms with Gasteiger partial charge in [0.05, 0.1) is 15.9 Å². The lowest BCUT2D eigenvalue weighted by Gasteiger charge is -2.11. The van der Waals surface area contributed by atoms with Crippen LogP contribution in [0.5, 0.6) is 0 Å². The van der Waals surface area contributed by atoms with Crippen LogP contribution in [-0.4, -0.2) is 20.9 Å². The first-order valence-electron chi connectivity index (χ1n) is 6.00. The number of carboxylic acids is 1. The molecule has 0 saturated heterocycles. The Balaban J connectivity index is 2.69. The van der Waals surface area contributed by atoms with Crippen molar-refractivity contribution >= 4 is 21.9 Å². The van der Waals surface area contributed by atoms with Gasteiger partial charge in [-0.1, -0.05) is 26.0 Å². The van der Waals surface area contributed by atoms with Gasteiger partial charge in [0.15, 0.2) is 5.69 Å². The first kappa shape index (κ1) is 13.8. The highest BCUT2D eigenvalue weighted by Crippen LogP contribution is 2.30. The third-order valence-electron chi connectivity index (χ3n) is 2.86. The molecule has 0 aliphatic rings. The molecule has 0 aliphatic carbocycles. The van der Waals surface area contributed by atoms with Crippen LogP contribution < -0.4 is 0 Å². The van der Waals surface area contributed by atoms with E-state index in [1.165, 1.54) is 0 Å². The molecular weight excluding hydrogens is 308 g/mol. The molecule has 0 atom stereocenters. The lowest BCUT2D eigenvalue weighted by molar-refractivity contribution is 0.0689. The zero-order valence-corrected chi connectivity index (χ0v) is 12.6. The van der Waals surface area contributed by atoms with Crippen LogP contribution in [-0.2, 0) is 0 Å². The summed E-state index contributed by atoms with van der Waals surface area (Å²) in [6.45, 7) is 6.02. The zero-order chi connectivity index (χ0) is 14.2. The van der Waals surface area contributed by atoms with E-state index in [1.807, 2.05) is 45.0 Å². The Hall–Kier alpha value is -1.62. The average Bonchev–Trinajstić information content (AvgIpc) is 2.67. The van der Waals surface area contributed by atoms with Crippen molar-refractivity contribution in [3.05, 3.63) is 45.7 Å². The second-order valence-electron chi connectivity index (χ2n) is 4.76. The Morgan fingerprint density at radius 2 is 2.11 bits per heavy atom. The van der Waals surface area contributed by atoms with E-state index in [1.54, 1.807) is 4.68 Å². The van der Waals surface area contributed by atoms with E-state index < -0.39 is 5.97 Å². The summed E-state index contributed by atoms with van der Waals surface area (Å²) >= 11 is 3.35. The summed E-state index contributed by atoms with van der Waals surface area (Å²) in [6.07, 6.45) is 0. The van der Waals surface area contributed by atoms with Crippen molar-refractivity contribution in [2.75, 3.05) is 0 Å². The summed E-state index contributed by atoms with van der Waals surface area (Å²) in [5.41, 5.74) is 2.89. The predicted molar refractivity (Wildman–Crippen MR) is 77.0 cm³/mol. The topological polar surface area (TPSA) is 55.1 Å². The molecule has 2 aromatic rings. The van der Waals surface area contributed by atoms with Crippen molar-refractivity contribution in [1.29, 1.82) is 0 Å². The molecule has 1 aromatic carbocycles. The number of carbonyl (C=O) groups is 1. The van der Waals surface area contributed by atoms with E-state index in [4.69, 9.17) is 0 Å². The molecule has 0 radical (unpaired) electrons. The number of halogens is 1. The molecule has 0 spiro atoms. The maximum absolute atomic E-state index is 11.2. The number of nitrogens with zero attached hydrogens (tertiary/aromatic N) is 2. The molecule has 0 aliphatic heterocycles. The minimum atomic E-state index is -1.03. The van der Waals surface area contributed by atoms with Crippen LogP contribution in [0.2, 0.25) is 0 Å². The maximum atomic E-state index is 11.2. The molecule has 0 fully saturated rings. The SMILES string of the molecule is Cc1cccc(-n2nc(C(=O)O)c(Br)c2C(C)C)c1. The van der Waals surface area contributed by atoms with E-state index in [9.17, 15) is 9.90 Å². The molecule has 1 heterocycles. The Morgan fingerprint density at radius 1 is 1.42 bits per heavy atom. The monoisotopic (exact) mass is 322 g/mol. The summed E-state index contributed by atoms with van der Waals surface area (Å²) in [4.78, 5) is 11.2. The molecular formula is C14H15BrN2O2. The van der Waals surface area contributed by atoms with Gasteiger partial charge in [0.1, 0.15) is 0 Å². The fourth-order valence-electron chi connectivity index (χ4n) is 2.00. The molecule has 100 valence electrons. The first-order valence-corrected chi connectivity index (χ1v) is 6.80. The Labute approximate surface area is 120 Å². The van der Waals surface area contributed by atoms with Crippen molar-refractivity contribution in [2.45, 2.75) is 26.7 Å². The third kappa shape index (κ3) is 2.56. The molecule has 19 heavy (non-hydrogen) atoms. The summed E-state index contributed by atoms with van der Waals surface area (Å²) < 4.78 is 2.25. The van der Waals surface area contributed by atoms with Crippen molar-refractivity contribution < 1.29 is 9.90 Å². The fraction of sp³-hybridized carbons (Fsp3) is 0.286. The Bertz CT molecular complexity index is 632. The van der Waals surface area contributed by atoms with Gasteiger partial charge in [0.25, 0.3) is 0 Å². The van der Waals surface area contributed by atoms with Crippen LogP contribution >= 0.6 is 15.9 Å². The van der Waals surface area contributed by atoms with E-state index in [0.29, 0.717) is 4.47 Å². The number of hydrogen-bond donors (Lipinski definition) is 1. The quantitative estimate of drug-likeness (QED) is 0.935. The summed E-state index contributed by atoms with van der Waals surface area (Å²) in [5, 5.41) is 13.4. The van der Waals surface area contributed by atoms with Gasteiger partial charge in [-0.3, -0.25) is 0 Å². The Kier molecular flexibility index (Phi) is 3.75. The molecule has 1 aromatic heterocycles. The number of aromatic nitrogens is 2. The highest BCUT2D eigenvalue weighted by Gasteiger charge is 2.23. The average molecular weight is 323 g/mol. The van der Waals surface area contributed by atoms with Crippen LogP contribution in [0.3, 0.4) is 0 Å². The van der Waals surface area contributed by atoms with Crippen LogP contribution in [0.1, 0.15) is 41.5 Å². The van der Waals surface area contributed by atoms with E-state index in [2.05, 4.69) is 21.0 Å². The molecule has 0 saturated carbocycles. The molecule has 0 bridgehead atoms. The molecule has 4 nitrogen and oxygen atoms in total. The van der Waals surface area contributed by atoms with Crippen LogP contribution in [0.15, 0.2) is 28.7 Å². The lowest BCUT2D eigenvalue weighted by Crippen LogP contribution is -2.05. The molecule has 0 amide bonds. The second kappa shape index (κ2) is 5.17. The van der Waals surface area contributed by atoms with Crippen LogP contribution in [0.4, 0.5) is 0 Å². The first-order chi connectivity index (χ1) is 8.91. The maximum Gasteiger partial charge on any atom is 0.357 e. The van der Waals surface area contributed by atoms with Crippen molar-refractivity contribution in [3.8, 4) is 5.69 Å². The number of hydrogen-bond acceptors (Lipinski definition) is 2. The second-order valence-corrected chi connectivity index (χ2v) is 5.55. The number of benzene rings is 1. The van der Waals surface area contributed by atoms with Gasteiger partial charge < -0.3 is 5.11 Å². The lowest BCUT2D eigenvalue weighted by atomic mass is 10.1. The van der Waals surface area contributed by atoms with E-state index in [-0.39, 0.29) is 11.6 Å². The number of carboxylic acid groups (broad SMARTS) is 1. The Morgan fingerprint density at radius 3 is 2.63 bits per heavy atom. The molecule has 1 N–H and O–H groups in total. The fourth-order valence-corrected chi connectivity index (χ4v) is 2.88. The molecule has 5 heteroatoms. The van der Waals surface area contributed by atoms with Crippen molar-refractivity contribution in [1.82, 2.24) is 9.78 Å². The van der Waals surface area contributed by atoms with Gasteiger partial charge in [-0.25, -0.2) is 9.48 Å². The van der Waals surface area contributed by atoms with E-state index >= 15 is 0 Å². The minimum absolute atomic E-state index is 0.0465. The third-order valence-corrected chi connectivity index (χ3v) is 3.64. The largest absolute Gasteiger partial charge is 0.476 e. The zero-order valence-electron chi connectivity index (χ0n) is 11.0. The molecule has 2 rings (SSSR count). The van der Waals surface area contributed by atoms with Crippen molar-refractivity contribution in [3.63, 3.8) is 0 Å². The van der Waals surface area contributed by atoms with Gasteiger partial charge >= 0.3 is 5.97 Å². The standard InChI is InChI=1S/C14H15BrN2O2/c1-8(2)13-11(15)12(14(18)19)16-17(13)10-6-4-5-9(3)7-10/h4-8H,1-3H3,(H,18,19). The molecule has 0 unspecified atom stereocenters. The number of rotatable bonds is 3. The number of aromatic carboxylic acids is 1. The van der Waals surface area contributed by atoms with Gasteiger partial charge in [-0.05, 0) is 46.5 Å². The normalized spacial score (nSPS) is 11.0. The summed E-state index contributed by atoms with van der Waals surface area (Å²) in [5.74, 6) is -0.865. The van der Waals surface area contributed by atoms with E-state index in [0.717, 1.165) is 16.9 Å². The summed E-state index contributed by atoms with van der Waals surface area (Å²) in [7, 11) is 0. The van der Waals surface area contributed by atoms with Gasteiger partial charge in [-0.2, -0.15) is 5.10 Å². The van der Waals surface area contributed by atoms with Crippen molar-refractivity contribution in [2.24, 2.45) is 0 Å². The van der Waals surface area contributed by atoms with Crippen LogP contribution in [0, 0.1) is 6.92 Å². The van der Waals surface area contributed by atoms with Gasteiger partial charge in [0.2, 0.25) is 0 Å². The van der Waals surface area contributed by atoms with Gasteiger partial charge in [0, 0.05) is 0 Å². The summed E-state index contributed by atoms with van der Waals surface area (Å²) in [6, 6.07) is 7.83. The smallest absolute Gasteiger partial charge is 0.357 e. The van der Waals surface area contributed by atoms with Crippen LogP contribution in [0.25, 0.3) is 5.69 Å². The number of aryl methyl sites for hydroxylation is 1. The predicted octanol–water partition coefficient (Wildman–Crippen LogP) is 3.76. The minimum Gasteiger partial charge on any atom is -0.476 e. The highest BCUT2D eigenvalue weighted by molar-refractivity contribution is 9.10. The van der Waals surface area contributed by atoms with Gasteiger partial charge in [-0.15, -0.1) is 0 Å². The highest BCUT2D eigenvalue weighted by atomic mass is 79.9.